The molecule has 2 saturated heterocycles. The van der Waals surface area contributed by atoms with Crippen LogP contribution in [0, 0.1) is 0 Å². The smallest absolute Gasteiger partial charge is 0.338 e. The molecular weight excluding hydrogens is 172 g/mol. The summed E-state index contributed by atoms with van der Waals surface area (Å²) in [7, 11) is 1.38. The molecular formula is C9H14O4. The van der Waals surface area contributed by atoms with Crippen molar-refractivity contribution in [3.8, 4) is 0 Å². The minimum atomic E-state index is -0.405. The molecule has 13 heavy (non-hydrogen) atoms. The van der Waals surface area contributed by atoms with Gasteiger partial charge in [-0.1, -0.05) is 0 Å². The van der Waals surface area contributed by atoms with Crippen molar-refractivity contribution in [2.24, 2.45) is 0 Å². The molecule has 0 bridgehead atoms. The lowest BCUT2D eigenvalue weighted by Gasteiger charge is -2.07. The lowest BCUT2D eigenvalue weighted by Crippen LogP contribution is -2.28. The molecule has 2 fully saturated rings. The third-order valence-corrected chi connectivity index (χ3v) is 2.87. The lowest BCUT2D eigenvalue weighted by atomic mass is 9.96. The average Bonchev–Trinajstić information content (AvgIpc) is 2.71. The Morgan fingerprint density at radius 1 is 1.54 bits per heavy atom. The Hall–Kier alpha value is -0.610. The van der Waals surface area contributed by atoms with Crippen LogP contribution in [0.3, 0.4) is 0 Å². The van der Waals surface area contributed by atoms with E-state index in [2.05, 4.69) is 4.74 Å². The summed E-state index contributed by atoms with van der Waals surface area (Å²) < 4.78 is 15.6. The predicted octanol–water partition coefficient (Wildman–Crippen LogP) is 0.494. The van der Waals surface area contributed by atoms with Crippen LogP contribution in [-0.2, 0) is 19.0 Å². The second-order valence-electron chi connectivity index (χ2n) is 3.77. The van der Waals surface area contributed by atoms with Gasteiger partial charge in [-0.3, -0.25) is 0 Å². The van der Waals surface area contributed by atoms with Crippen LogP contribution in [0.2, 0.25) is 0 Å². The van der Waals surface area contributed by atoms with Crippen LogP contribution >= 0.6 is 0 Å². The molecule has 2 aliphatic rings. The van der Waals surface area contributed by atoms with E-state index in [1.807, 2.05) is 13.8 Å². The Kier molecular flexibility index (Phi) is 1.85. The fraction of sp³-hybridized carbons (Fsp3) is 0.889. The van der Waals surface area contributed by atoms with Crippen LogP contribution in [0.5, 0.6) is 0 Å². The van der Waals surface area contributed by atoms with E-state index >= 15 is 0 Å². The first-order valence-corrected chi connectivity index (χ1v) is 4.51. The second-order valence-corrected chi connectivity index (χ2v) is 3.77. The Labute approximate surface area is 77.1 Å². The molecule has 4 heteroatoms. The van der Waals surface area contributed by atoms with E-state index in [-0.39, 0.29) is 23.8 Å². The summed E-state index contributed by atoms with van der Waals surface area (Å²) in [6, 6.07) is 0. The SMILES string of the molecule is COC(=O)C1OC12CC(C)OC2C. The molecule has 1 spiro atoms. The van der Waals surface area contributed by atoms with Gasteiger partial charge in [0.2, 0.25) is 0 Å². The van der Waals surface area contributed by atoms with Crippen molar-refractivity contribution >= 4 is 5.97 Å². The largest absolute Gasteiger partial charge is 0.467 e. The van der Waals surface area contributed by atoms with Crippen molar-refractivity contribution in [1.29, 1.82) is 0 Å². The van der Waals surface area contributed by atoms with E-state index in [0.717, 1.165) is 6.42 Å². The number of methoxy groups -OCH3 is 1. The van der Waals surface area contributed by atoms with Gasteiger partial charge in [0.1, 0.15) is 5.60 Å². The molecule has 4 unspecified atom stereocenters. The van der Waals surface area contributed by atoms with Gasteiger partial charge in [0.15, 0.2) is 6.10 Å². The van der Waals surface area contributed by atoms with Gasteiger partial charge in [-0.2, -0.15) is 0 Å². The van der Waals surface area contributed by atoms with Crippen molar-refractivity contribution in [3.63, 3.8) is 0 Å². The van der Waals surface area contributed by atoms with Gasteiger partial charge >= 0.3 is 5.97 Å². The average molecular weight is 186 g/mol. The third kappa shape index (κ3) is 1.16. The van der Waals surface area contributed by atoms with Crippen LogP contribution in [0.4, 0.5) is 0 Å². The Bertz CT molecular complexity index is 240. The molecule has 2 aliphatic heterocycles. The van der Waals surface area contributed by atoms with Gasteiger partial charge in [0.05, 0.1) is 19.3 Å². The molecule has 2 rings (SSSR count). The number of carbonyl (C=O) groups is 1. The van der Waals surface area contributed by atoms with Gasteiger partial charge in [0.25, 0.3) is 0 Å². The lowest BCUT2D eigenvalue weighted by molar-refractivity contribution is -0.142. The van der Waals surface area contributed by atoms with Crippen molar-refractivity contribution in [2.45, 2.75) is 44.2 Å². The molecule has 0 aromatic carbocycles. The number of rotatable bonds is 1. The van der Waals surface area contributed by atoms with E-state index < -0.39 is 6.10 Å². The molecule has 0 N–H and O–H groups in total. The maximum Gasteiger partial charge on any atom is 0.338 e. The highest BCUT2D eigenvalue weighted by atomic mass is 16.7. The van der Waals surface area contributed by atoms with E-state index in [1.54, 1.807) is 0 Å². The van der Waals surface area contributed by atoms with Crippen LogP contribution < -0.4 is 0 Å². The summed E-state index contributed by atoms with van der Waals surface area (Å²) in [6.45, 7) is 3.92. The van der Waals surface area contributed by atoms with Crippen molar-refractivity contribution < 1.29 is 19.0 Å². The highest BCUT2D eigenvalue weighted by Crippen LogP contribution is 2.50. The quantitative estimate of drug-likeness (QED) is 0.442. The van der Waals surface area contributed by atoms with Crippen LogP contribution in [0.25, 0.3) is 0 Å². The van der Waals surface area contributed by atoms with E-state index in [9.17, 15) is 4.79 Å². The topological polar surface area (TPSA) is 48.1 Å². The molecule has 4 atom stereocenters. The first-order chi connectivity index (χ1) is 6.10. The number of carbonyl (C=O) groups excluding carboxylic acids is 1. The van der Waals surface area contributed by atoms with Crippen LogP contribution in [0.1, 0.15) is 20.3 Å². The monoisotopic (exact) mass is 186 g/mol. The Balaban J connectivity index is 2.06. The predicted molar refractivity (Wildman–Crippen MR) is 44.2 cm³/mol. The first kappa shape index (κ1) is 8.97. The zero-order valence-corrected chi connectivity index (χ0v) is 8.07. The Morgan fingerprint density at radius 2 is 2.23 bits per heavy atom. The summed E-state index contributed by atoms with van der Waals surface area (Å²) >= 11 is 0. The number of hydrogen-bond acceptors (Lipinski definition) is 4. The van der Waals surface area contributed by atoms with Gasteiger partial charge in [0, 0.05) is 6.42 Å². The molecule has 74 valence electrons. The molecule has 4 nitrogen and oxygen atoms in total. The summed E-state index contributed by atoms with van der Waals surface area (Å²) in [5.74, 6) is -0.287. The Morgan fingerprint density at radius 3 is 2.69 bits per heavy atom. The van der Waals surface area contributed by atoms with E-state index in [4.69, 9.17) is 9.47 Å². The molecule has 0 aliphatic carbocycles. The zero-order valence-electron chi connectivity index (χ0n) is 8.07. The summed E-state index contributed by atoms with van der Waals surface area (Å²) in [4.78, 5) is 11.2. The summed E-state index contributed by atoms with van der Waals surface area (Å²) in [5, 5.41) is 0. The fourth-order valence-corrected chi connectivity index (χ4v) is 2.13. The van der Waals surface area contributed by atoms with Crippen molar-refractivity contribution in [2.75, 3.05) is 7.11 Å². The molecule has 0 amide bonds. The van der Waals surface area contributed by atoms with Crippen molar-refractivity contribution in [1.82, 2.24) is 0 Å². The first-order valence-electron chi connectivity index (χ1n) is 4.51. The standard InChI is InChI=1S/C9H14O4/c1-5-4-9(6(2)12-5)7(13-9)8(10)11-3/h5-7H,4H2,1-3H3. The van der Waals surface area contributed by atoms with Gasteiger partial charge in [-0.05, 0) is 13.8 Å². The number of esters is 1. The van der Waals surface area contributed by atoms with Gasteiger partial charge in [-0.15, -0.1) is 0 Å². The minimum absolute atomic E-state index is 0.00778. The highest BCUT2D eigenvalue weighted by Gasteiger charge is 2.68. The van der Waals surface area contributed by atoms with Gasteiger partial charge < -0.3 is 14.2 Å². The summed E-state index contributed by atoms with van der Waals surface area (Å²) in [5.41, 5.74) is -0.382. The number of ether oxygens (including phenoxy) is 3. The molecule has 0 aromatic heterocycles. The van der Waals surface area contributed by atoms with Gasteiger partial charge in [-0.25, -0.2) is 4.79 Å². The molecule has 0 saturated carbocycles. The number of epoxide rings is 1. The second kappa shape index (κ2) is 2.69. The fourth-order valence-electron chi connectivity index (χ4n) is 2.13. The van der Waals surface area contributed by atoms with Crippen LogP contribution in [0.15, 0.2) is 0 Å². The maximum atomic E-state index is 11.2. The molecule has 0 aromatic rings. The molecule has 0 radical (unpaired) electrons. The van der Waals surface area contributed by atoms with E-state index in [1.165, 1.54) is 7.11 Å². The third-order valence-electron chi connectivity index (χ3n) is 2.87. The highest BCUT2D eigenvalue weighted by molar-refractivity contribution is 5.79. The normalized spacial score (nSPS) is 48.1. The zero-order chi connectivity index (χ0) is 9.64. The van der Waals surface area contributed by atoms with Crippen LogP contribution in [-0.4, -0.2) is 37.0 Å². The number of hydrogen-bond donors (Lipinski definition) is 0. The van der Waals surface area contributed by atoms with Crippen molar-refractivity contribution in [3.05, 3.63) is 0 Å². The maximum absolute atomic E-state index is 11.2. The minimum Gasteiger partial charge on any atom is -0.467 e. The molecule has 2 heterocycles. The summed E-state index contributed by atoms with van der Waals surface area (Å²) in [6.07, 6.45) is 0.544. The van der Waals surface area contributed by atoms with E-state index in [0.29, 0.717) is 0 Å².